The molecule has 0 bridgehead atoms. The molecular formula is C49H70ClF6N13O10S2. The molecule has 32 heteroatoms. The summed E-state index contributed by atoms with van der Waals surface area (Å²) in [6.45, 7) is 12.9. The van der Waals surface area contributed by atoms with Crippen LogP contribution < -0.4 is 10.2 Å². The van der Waals surface area contributed by atoms with Gasteiger partial charge < -0.3 is 35.1 Å². The number of hydrogen-bond donors (Lipinski definition) is 3. The molecule has 0 radical (unpaired) electrons. The highest BCUT2D eigenvalue weighted by Crippen LogP contribution is 2.21. The Morgan fingerprint density at radius 2 is 1.00 bits per heavy atom. The number of hydrogen-bond acceptors (Lipinski definition) is 16. The monoisotopic (exact) mass is 1210 g/mol. The van der Waals surface area contributed by atoms with Crippen molar-refractivity contribution >= 4 is 59.4 Å². The lowest BCUT2D eigenvalue weighted by molar-refractivity contribution is -0.193. The number of halogens is 7. The standard InChI is InChI=1S/C16H21N5O3S.C15H19N5O.C7H10N2.C6H15N.2C2HF3O2.CH3ClO2S/c1-19(14-5-8-21(9-6-14)25(2,23)24)16(22)20-11-15(18-12-20)13-4-3-7-17-10-13;1-19(13-4-7-16-8-5-13)15(21)20-10-14(18-11-20)12-3-2-6-17-9-12;1-9(2)7-3-5-8-6-4-7;1-4-7(5-2)6-3;2*3-2(4,5)1(6)7;1-5(2,3)4/h3-4,7,10-12,14H,5-6,8-9H2,1-2H3;2-3,6,9-11,13,16H,4-5,7-8H2,1H3;3-6H,1-2H3;4-6H2,1-3H3;2*(H,6,7);1H3. The first-order valence-electron chi connectivity index (χ1n) is 24.5. The minimum Gasteiger partial charge on any atom is -0.475 e. The van der Waals surface area contributed by atoms with Crippen molar-refractivity contribution in [2.45, 2.75) is 70.9 Å². The zero-order valence-electron chi connectivity index (χ0n) is 46.2. The Morgan fingerprint density at radius 3 is 1.27 bits per heavy atom. The van der Waals surface area contributed by atoms with Gasteiger partial charge in [-0.3, -0.25) is 24.1 Å². The number of aliphatic carboxylic acids is 2. The van der Waals surface area contributed by atoms with Gasteiger partial charge in [0.25, 0.3) is 0 Å². The second kappa shape index (κ2) is 35.1. The fraction of sp³-hybridized carbons (Fsp3) is 0.490. The molecule has 0 spiro atoms. The molecule has 5 aromatic heterocycles. The Morgan fingerprint density at radius 1 is 0.642 bits per heavy atom. The van der Waals surface area contributed by atoms with E-state index in [-0.39, 0.29) is 18.1 Å². The molecule has 2 saturated heterocycles. The van der Waals surface area contributed by atoms with E-state index in [4.69, 9.17) is 19.8 Å². The molecule has 23 nitrogen and oxygen atoms in total. The number of carboxylic acid groups (broad SMARTS) is 2. The zero-order chi connectivity index (χ0) is 61.7. The van der Waals surface area contributed by atoms with Gasteiger partial charge in [0.1, 0.15) is 12.7 Å². The van der Waals surface area contributed by atoms with Crippen molar-refractivity contribution in [2.75, 3.05) is 91.4 Å². The van der Waals surface area contributed by atoms with Gasteiger partial charge in [0.15, 0.2) is 0 Å². The average molecular weight is 1210 g/mol. The molecule has 5 aromatic rings. The summed E-state index contributed by atoms with van der Waals surface area (Å²) < 4.78 is 110. The van der Waals surface area contributed by atoms with Crippen molar-refractivity contribution in [1.29, 1.82) is 0 Å². The number of piperidine rings is 2. The summed E-state index contributed by atoms with van der Waals surface area (Å²) in [5, 5.41) is 17.6. The van der Waals surface area contributed by atoms with Crippen LogP contribution in [-0.4, -0.2) is 215 Å². The van der Waals surface area contributed by atoms with Crippen molar-refractivity contribution in [2.24, 2.45) is 0 Å². The Bertz CT molecular complexity index is 2820. The van der Waals surface area contributed by atoms with Crippen molar-refractivity contribution in [3.63, 3.8) is 0 Å². The molecule has 2 amide bonds. The van der Waals surface area contributed by atoms with Gasteiger partial charge >= 0.3 is 36.4 Å². The molecule has 0 unspecified atom stereocenters. The first-order chi connectivity index (χ1) is 37.7. The van der Waals surface area contributed by atoms with Crippen LogP contribution in [0.3, 0.4) is 0 Å². The number of anilines is 1. The van der Waals surface area contributed by atoms with Gasteiger partial charge in [-0.2, -0.15) is 26.3 Å². The molecule has 0 saturated carbocycles. The minimum atomic E-state index is -5.08. The number of alkyl halides is 6. The van der Waals surface area contributed by atoms with Crippen LogP contribution in [0.5, 0.6) is 0 Å². The van der Waals surface area contributed by atoms with Gasteiger partial charge in [-0.25, -0.2) is 50.3 Å². The molecule has 452 valence electrons. The van der Waals surface area contributed by atoms with Gasteiger partial charge in [-0.1, -0.05) is 20.8 Å². The maximum absolute atomic E-state index is 12.7. The fourth-order valence-corrected chi connectivity index (χ4v) is 7.80. The first-order valence-corrected chi connectivity index (χ1v) is 29.1. The lowest BCUT2D eigenvalue weighted by atomic mass is 10.1. The van der Waals surface area contributed by atoms with Gasteiger partial charge in [-0.05, 0) is 94.8 Å². The number of nitrogens with one attached hydrogen (secondary N) is 1. The Kier molecular flexibility index (Phi) is 31.3. The third-order valence-corrected chi connectivity index (χ3v) is 12.7. The summed E-state index contributed by atoms with van der Waals surface area (Å²) in [5.41, 5.74) is 4.38. The molecule has 0 aromatic carbocycles. The zero-order valence-corrected chi connectivity index (χ0v) is 48.5. The molecule has 7 rings (SSSR count). The molecular weight excluding hydrogens is 1140 g/mol. The van der Waals surface area contributed by atoms with E-state index in [0.29, 0.717) is 37.7 Å². The lowest BCUT2D eigenvalue weighted by Gasteiger charge is -2.35. The second-order valence-corrected chi connectivity index (χ2v) is 22.5. The third-order valence-electron chi connectivity index (χ3n) is 11.4. The lowest BCUT2D eigenvalue weighted by Crippen LogP contribution is -2.47. The van der Waals surface area contributed by atoms with Crippen LogP contribution in [0, 0.1) is 0 Å². The number of pyridine rings is 3. The molecule has 2 aliphatic rings. The van der Waals surface area contributed by atoms with Crippen LogP contribution in [0.4, 0.5) is 41.6 Å². The van der Waals surface area contributed by atoms with Crippen LogP contribution in [0.1, 0.15) is 46.5 Å². The predicted octanol–water partition coefficient (Wildman–Crippen LogP) is 6.81. The number of carbonyl (C=O) groups is 4. The topological polar surface area (TPSA) is 280 Å². The van der Waals surface area contributed by atoms with Crippen LogP contribution in [0.2, 0.25) is 0 Å². The minimum absolute atomic E-state index is 0.00902. The normalized spacial score (nSPS) is 13.8. The summed E-state index contributed by atoms with van der Waals surface area (Å²) in [7, 11) is 5.77. The number of aromatic nitrogens is 7. The highest BCUT2D eigenvalue weighted by Gasteiger charge is 2.39. The average Bonchev–Trinajstić information content (AvgIpc) is 4.17. The van der Waals surface area contributed by atoms with E-state index in [9.17, 15) is 52.8 Å². The van der Waals surface area contributed by atoms with Crippen molar-refractivity contribution in [1.82, 2.24) is 58.4 Å². The van der Waals surface area contributed by atoms with Crippen LogP contribution >= 0.6 is 10.7 Å². The summed E-state index contributed by atoms with van der Waals surface area (Å²) in [6.07, 6.45) is 12.1. The number of amides is 2. The van der Waals surface area contributed by atoms with E-state index in [2.05, 4.69) is 66.6 Å². The van der Waals surface area contributed by atoms with Crippen LogP contribution in [-0.2, 0) is 28.7 Å². The highest BCUT2D eigenvalue weighted by atomic mass is 35.7. The van der Waals surface area contributed by atoms with Crippen LogP contribution in [0.15, 0.2) is 98.6 Å². The van der Waals surface area contributed by atoms with E-state index in [1.54, 1.807) is 72.4 Å². The number of nitrogens with zero attached hydrogens (tertiary/aromatic N) is 12. The Balaban J connectivity index is 0.000000521. The summed E-state index contributed by atoms with van der Waals surface area (Å²) >= 11 is 0. The SMILES string of the molecule is CCN(CC)CC.CN(C(=O)n1cnc(-c2cccnc2)c1)C1CCN(S(C)(=O)=O)CC1.CN(C(=O)n1cnc(-c2cccnc2)c1)C1CCNCC1.CN(C)c1ccncc1.CS(=O)(=O)Cl.O=C(O)C(F)(F)F.O=C(O)C(F)(F)F. The molecule has 81 heavy (non-hydrogen) atoms. The number of rotatable bonds is 9. The van der Waals surface area contributed by atoms with Gasteiger partial charge in [0.2, 0.25) is 19.1 Å². The number of carboxylic acids is 2. The maximum Gasteiger partial charge on any atom is 0.490 e. The summed E-state index contributed by atoms with van der Waals surface area (Å²) in [4.78, 5) is 71.4. The Labute approximate surface area is 472 Å². The number of imidazole rings is 2. The van der Waals surface area contributed by atoms with E-state index >= 15 is 0 Å². The van der Waals surface area contributed by atoms with Crippen molar-refractivity contribution < 1.29 is 72.6 Å². The summed E-state index contributed by atoms with van der Waals surface area (Å²) in [6, 6.07) is 11.5. The van der Waals surface area contributed by atoms with Crippen molar-refractivity contribution in [3.05, 3.63) is 98.6 Å². The number of sulfonamides is 1. The van der Waals surface area contributed by atoms with E-state index in [1.165, 1.54) is 46.8 Å². The molecule has 2 aliphatic heterocycles. The van der Waals surface area contributed by atoms with Crippen LogP contribution in [0.25, 0.3) is 22.5 Å². The maximum atomic E-state index is 12.7. The van der Waals surface area contributed by atoms with Crippen molar-refractivity contribution in [3.8, 4) is 22.5 Å². The molecule has 0 aliphatic carbocycles. The largest absolute Gasteiger partial charge is 0.490 e. The highest BCUT2D eigenvalue weighted by molar-refractivity contribution is 8.13. The van der Waals surface area contributed by atoms with E-state index in [0.717, 1.165) is 49.0 Å². The summed E-state index contributed by atoms with van der Waals surface area (Å²) in [5.74, 6) is -5.51. The second-order valence-electron chi connectivity index (χ2n) is 17.5. The smallest absolute Gasteiger partial charge is 0.475 e. The van der Waals surface area contributed by atoms with Gasteiger partial charge in [0.05, 0.1) is 23.9 Å². The molecule has 2 fully saturated rings. The third kappa shape index (κ3) is 29.0. The quantitative estimate of drug-likeness (QED) is 0.101. The number of carbonyl (C=O) groups excluding carboxylic acids is 2. The molecule has 7 heterocycles. The predicted molar refractivity (Wildman–Crippen MR) is 293 cm³/mol. The van der Waals surface area contributed by atoms with Gasteiger partial charge in [-0.15, -0.1) is 0 Å². The fourth-order valence-electron chi connectivity index (χ4n) is 6.93. The Hall–Kier alpha value is -6.80. The molecule has 0 atom stereocenters. The first kappa shape index (κ1) is 72.2. The van der Waals surface area contributed by atoms with E-state index in [1.807, 2.05) is 67.3 Å². The van der Waals surface area contributed by atoms with E-state index < -0.39 is 43.4 Å². The van der Waals surface area contributed by atoms with Gasteiger partial charge in [0, 0.05) is 130 Å². The molecule has 3 N–H and O–H groups in total.